The molecule has 4 rings (SSSR count). The second kappa shape index (κ2) is 8.64. The maximum absolute atomic E-state index is 13.3. The number of nitrogens with two attached hydrogens (primary N) is 1. The summed E-state index contributed by atoms with van der Waals surface area (Å²) >= 11 is 6.01. The maximum Gasteiger partial charge on any atom is 0.283 e. The molecular weight excluding hydrogens is 484 g/mol. The first kappa shape index (κ1) is 23.0. The normalized spacial score (nSPS) is 12.0. The van der Waals surface area contributed by atoms with Crippen molar-refractivity contribution in [2.45, 2.75) is 9.92 Å². The quantitative estimate of drug-likeness (QED) is 0.432. The van der Waals surface area contributed by atoms with Crippen LogP contribution < -0.4 is 9.44 Å². The number of hydrogen-bond acceptors (Lipinski definition) is 5. The van der Waals surface area contributed by atoms with Gasteiger partial charge in [0.05, 0.1) is 22.0 Å². The molecule has 33 heavy (non-hydrogen) atoms. The molecule has 1 heterocycles. The molecule has 0 amide bonds. The second-order valence-corrected chi connectivity index (χ2v) is 11.0. The Morgan fingerprint density at radius 2 is 1.48 bits per heavy atom. The summed E-state index contributed by atoms with van der Waals surface area (Å²) in [5.41, 5.74) is 2.09. The summed E-state index contributed by atoms with van der Waals surface area (Å²) < 4.78 is 52.5. The Balaban J connectivity index is 1.86. The van der Waals surface area contributed by atoms with Crippen molar-refractivity contribution in [2.24, 2.45) is 5.14 Å². The summed E-state index contributed by atoms with van der Waals surface area (Å²) in [5, 5.41) is 9.90. The zero-order chi connectivity index (χ0) is 23.8. The molecule has 0 atom stereocenters. The van der Waals surface area contributed by atoms with Crippen molar-refractivity contribution >= 4 is 37.3 Å². The Bertz CT molecular complexity index is 1500. The summed E-state index contributed by atoms with van der Waals surface area (Å²) in [6.45, 7) is 0. The highest BCUT2D eigenvalue weighted by Gasteiger charge is 2.27. The smallest absolute Gasteiger partial charge is 0.268 e. The monoisotopic (exact) mass is 502 g/mol. The zero-order valence-corrected chi connectivity index (χ0v) is 19.7. The zero-order valence-electron chi connectivity index (χ0n) is 17.3. The topological polar surface area (TPSA) is 115 Å². The molecule has 3 aromatic carbocycles. The number of aromatic nitrogens is 2. The third-order valence-corrected chi connectivity index (χ3v) is 7.82. The van der Waals surface area contributed by atoms with Gasteiger partial charge in [-0.3, -0.25) is 4.31 Å². The van der Waals surface area contributed by atoms with Crippen LogP contribution >= 0.6 is 11.6 Å². The Kier molecular flexibility index (Phi) is 6.02. The van der Waals surface area contributed by atoms with E-state index in [1.54, 1.807) is 54.6 Å². The lowest BCUT2D eigenvalue weighted by Gasteiger charge is -2.17. The molecule has 0 saturated carbocycles. The maximum atomic E-state index is 13.3. The van der Waals surface area contributed by atoms with Gasteiger partial charge in [-0.15, -0.1) is 0 Å². The minimum absolute atomic E-state index is 0.0666. The van der Waals surface area contributed by atoms with Gasteiger partial charge in [0.1, 0.15) is 0 Å². The molecule has 170 valence electrons. The summed E-state index contributed by atoms with van der Waals surface area (Å²) in [7, 11) is -6.41. The van der Waals surface area contributed by atoms with Crippen LogP contribution in [-0.2, 0) is 20.0 Å². The van der Waals surface area contributed by atoms with Crippen LogP contribution in [0, 0.1) is 0 Å². The number of hydrogen-bond donors (Lipinski definition) is 1. The molecule has 0 aliphatic heterocycles. The largest absolute Gasteiger partial charge is 0.283 e. The van der Waals surface area contributed by atoms with E-state index in [-0.39, 0.29) is 9.92 Å². The summed E-state index contributed by atoms with van der Waals surface area (Å²) in [5.74, 6) is 0. The predicted octanol–water partition coefficient (Wildman–Crippen LogP) is 3.67. The lowest BCUT2D eigenvalue weighted by molar-refractivity contribution is 0.588. The fourth-order valence-electron chi connectivity index (χ4n) is 3.20. The van der Waals surface area contributed by atoms with E-state index in [9.17, 15) is 16.8 Å². The molecule has 2 N–H and O–H groups in total. The van der Waals surface area contributed by atoms with E-state index in [1.165, 1.54) is 42.1 Å². The molecule has 0 radical (unpaired) electrons. The van der Waals surface area contributed by atoms with Gasteiger partial charge in [0.2, 0.25) is 10.0 Å². The van der Waals surface area contributed by atoms with E-state index in [1.807, 2.05) is 0 Å². The highest BCUT2D eigenvalue weighted by atomic mass is 35.5. The Labute approximate surface area is 196 Å². The van der Waals surface area contributed by atoms with Gasteiger partial charge in [-0.05, 0) is 48.5 Å². The van der Waals surface area contributed by atoms with E-state index in [2.05, 4.69) is 5.10 Å². The minimum Gasteiger partial charge on any atom is -0.268 e. The number of halogens is 1. The summed E-state index contributed by atoms with van der Waals surface area (Å²) in [6, 6.07) is 22.6. The van der Waals surface area contributed by atoms with Crippen molar-refractivity contribution in [3.8, 4) is 16.9 Å². The molecule has 0 aliphatic carbocycles. The van der Waals surface area contributed by atoms with Crippen molar-refractivity contribution in [1.82, 2.24) is 9.78 Å². The minimum atomic E-state index is -3.99. The Morgan fingerprint density at radius 3 is 2.06 bits per heavy atom. The van der Waals surface area contributed by atoms with Crippen LogP contribution in [-0.4, -0.2) is 33.7 Å². The number of benzene rings is 3. The lowest BCUT2D eigenvalue weighted by atomic mass is 10.1. The molecule has 0 unspecified atom stereocenters. The number of primary sulfonamides is 1. The van der Waals surface area contributed by atoms with Crippen molar-refractivity contribution in [1.29, 1.82) is 0 Å². The van der Waals surface area contributed by atoms with E-state index in [0.717, 1.165) is 4.31 Å². The van der Waals surface area contributed by atoms with Gasteiger partial charge < -0.3 is 0 Å². The van der Waals surface area contributed by atoms with Crippen molar-refractivity contribution < 1.29 is 16.8 Å². The van der Waals surface area contributed by atoms with Gasteiger partial charge in [0.15, 0.2) is 5.03 Å². The average Bonchev–Trinajstić information content (AvgIpc) is 3.25. The number of nitrogens with zero attached hydrogens (tertiary/aromatic N) is 3. The van der Waals surface area contributed by atoms with Gasteiger partial charge in [-0.2, -0.15) is 13.5 Å². The van der Waals surface area contributed by atoms with E-state index in [4.69, 9.17) is 16.7 Å². The SMILES string of the molecule is CN(c1ccccc1)S(=O)(=O)c1cc(-c2ccc(Cl)cc2)n(-c2ccc(S(N)(=O)=O)cc2)n1. The first-order chi connectivity index (χ1) is 15.6. The molecule has 0 fully saturated rings. The molecule has 0 aliphatic rings. The molecule has 8 nitrogen and oxygen atoms in total. The van der Waals surface area contributed by atoms with Crippen molar-refractivity contribution in [2.75, 3.05) is 11.4 Å². The van der Waals surface area contributed by atoms with Crippen molar-refractivity contribution in [3.05, 3.63) is 90.0 Å². The standard InChI is InChI=1S/C22H19ClN4O4S2/c1-26(18-5-3-2-4-6-18)33(30,31)22-15-21(16-7-9-17(23)10-8-16)27(25-22)19-11-13-20(14-12-19)32(24,28)29/h2-15H,1H3,(H2,24,28,29). The molecule has 1 aromatic heterocycles. The highest BCUT2D eigenvalue weighted by molar-refractivity contribution is 7.92. The van der Waals surface area contributed by atoms with Gasteiger partial charge >= 0.3 is 0 Å². The molecule has 0 spiro atoms. The summed E-state index contributed by atoms with van der Waals surface area (Å²) in [6.07, 6.45) is 0. The third-order valence-electron chi connectivity index (χ3n) is 4.98. The number of anilines is 1. The van der Waals surface area contributed by atoms with Gasteiger partial charge in [0.25, 0.3) is 10.0 Å². The van der Waals surface area contributed by atoms with Crippen LogP contribution in [0.15, 0.2) is 94.9 Å². The van der Waals surface area contributed by atoms with Crippen LogP contribution in [0.25, 0.3) is 16.9 Å². The lowest BCUT2D eigenvalue weighted by Crippen LogP contribution is -2.27. The van der Waals surface area contributed by atoms with Crippen LogP contribution in [0.1, 0.15) is 0 Å². The van der Waals surface area contributed by atoms with Crippen LogP contribution in [0.5, 0.6) is 0 Å². The Morgan fingerprint density at radius 1 is 0.879 bits per heavy atom. The molecule has 11 heteroatoms. The van der Waals surface area contributed by atoms with Crippen LogP contribution in [0.2, 0.25) is 5.02 Å². The van der Waals surface area contributed by atoms with E-state index < -0.39 is 20.0 Å². The summed E-state index contributed by atoms with van der Waals surface area (Å²) in [4.78, 5) is -0.0666. The van der Waals surface area contributed by atoms with Crippen molar-refractivity contribution in [3.63, 3.8) is 0 Å². The molecular formula is C22H19ClN4O4S2. The molecule has 0 saturated heterocycles. The number of para-hydroxylation sites is 1. The van der Waals surface area contributed by atoms with E-state index in [0.29, 0.717) is 27.7 Å². The van der Waals surface area contributed by atoms with Gasteiger partial charge in [-0.25, -0.2) is 18.2 Å². The Hall–Kier alpha value is -3.18. The predicted molar refractivity (Wildman–Crippen MR) is 127 cm³/mol. The average molecular weight is 503 g/mol. The van der Waals surface area contributed by atoms with Gasteiger partial charge in [0, 0.05) is 23.7 Å². The fraction of sp³-hybridized carbons (Fsp3) is 0.0455. The first-order valence-electron chi connectivity index (χ1n) is 9.60. The number of rotatable bonds is 6. The third kappa shape index (κ3) is 4.64. The second-order valence-electron chi connectivity index (χ2n) is 7.13. The molecule has 0 bridgehead atoms. The van der Waals surface area contributed by atoms with Crippen LogP contribution in [0.3, 0.4) is 0 Å². The fourth-order valence-corrected chi connectivity index (χ4v) is 4.97. The van der Waals surface area contributed by atoms with Crippen LogP contribution in [0.4, 0.5) is 5.69 Å². The van der Waals surface area contributed by atoms with Gasteiger partial charge in [-0.1, -0.05) is 41.9 Å². The highest BCUT2D eigenvalue weighted by Crippen LogP contribution is 2.29. The number of sulfonamides is 2. The molecule has 4 aromatic rings. The first-order valence-corrected chi connectivity index (χ1v) is 13.0. The van der Waals surface area contributed by atoms with E-state index >= 15 is 0 Å².